The molecule has 0 spiro atoms. The van der Waals surface area contributed by atoms with Crippen molar-refractivity contribution in [3.05, 3.63) is 62.6 Å². The smallest absolute Gasteiger partial charge is 0.340 e. The monoisotopic (exact) mass is 392 g/mol. The van der Waals surface area contributed by atoms with E-state index >= 15 is 0 Å². The zero-order valence-corrected chi connectivity index (χ0v) is 13.9. The van der Waals surface area contributed by atoms with Crippen molar-refractivity contribution in [1.29, 1.82) is 0 Å². The fourth-order valence-corrected chi connectivity index (χ4v) is 2.50. The summed E-state index contributed by atoms with van der Waals surface area (Å²) in [7, 11) is 1.16. The normalized spacial score (nSPS) is 10.6. The molecule has 0 saturated heterocycles. The van der Waals surface area contributed by atoms with E-state index in [0.29, 0.717) is 10.8 Å². The number of H-pyrrole nitrogens is 1. The molecule has 0 aliphatic rings. The first kappa shape index (κ1) is 16.1. The molecule has 0 amide bonds. The molecule has 0 atom stereocenters. The summed E-state index contributed by atoms with van der Waals surface area (Å²) < 4.78 is 24.5. The van der Waals surface area contributed by atoms with Gasteiger partial charge in [-0.3, -0.25) is 4.79 Å². The van der Waals surface area contributed by atoms with Crippen molar-refractivity contribution >= 4 is 32.7 Å². The van der Waals surface area contributed by atoms with E-state index in [1.807, 2.05) is 0 Å². The topological polar surface area (TPSA) is 81.3 Å². The number of hydrogen-bond donors (Lipinski definition) is 1. The SMILES string of the molecule is COC(=O)c1cc(Oc2n[nH]c(=O)c3cc(Br)ccc23)ccc1F. The number of halogens is 2. The van der Waals surface area contributed by atoms with Gasteiger partial charge in [0, 0.05) is 4.47 Å². The van der Waals surface area contributed by atoms with Crippen LogP contribution < -0.4 is 10.3 Å². The van der Waals surface area contributed by atoms with Gasteiger partial charge in [0.05, 0.1) is 23.4 Å². The van der Waals surface area contributed by atoms with E-state index in [-0.39, 0.29) is 22.8 Å². The zero-order valence-electron chi connectivity index (χ0n) is 12.3. The van der Waals surface area contributed by atoms with Gasteiger partial charge in [-0.2, -0.15) is 0 Å². The van der Waals surface area contributed by atoms with Gasteiger partial charge in [0.1, 0.15) is 11.6 Å². The lowest BCUT2D eigenvalue weighted by atomic mass is 10.2. The first-order valence-corrected chi connectivity index (χ1v) is 7.52. The fourth-order valence-electron chi connectivity index (χ4n) is 2.14. The highest BCUT2D eigenvalue weighted by molar-refractivity contribution is 9.10. The van der Waals surface area contributed by atoms with Gasteiger partial charge in [-0.25, -0.2) is 14.3 Å². The summed E-state index contributed by atoms with van der Waals surface area (Å²) in [6.45, 7) is 0. The van der Waals surface area contributed by atoms with Crippen LogP contribution in [0.25, 0.3) is 10.8 Å². The fraction of sp³-hybridized carbons (Fsp3) is 0.0625. The van der Waals surface area contributed by atoms with E-state index in [0.717, 1.165) is 17.6 Å². The molecule has 0 bridgehead atoms. The van der Waals surface area contributed by atoms with E-state index in [2.05, 4.69) is 30.9 Å². The Morgan fingerprint density at radius 2 is 2.00 bits per heavy atom. The van der Waals surface area contributed by atoms with Crippen LogP contribution in [-0.4, -0.2) is 23.3 Å². The number of carbonyl (C=O) groups is 1. The van der Waals surface area contributed by atoms with Crippen LogP contribution in [0.5, 0.6) is 11.6 Å². The van der Waals surface area contributed by atoms with Crippen molar-refractivity contribution in [3.63, 3.8) is 0 Å². The lowest BCUT2D eigenvalue weighted by Gasteiger charge is -2.09. The summed E-state index contributed by atoms with van der Waals surface area (Å²) in [5.41, 5.74) is -0.625. The minimum Gasteiger partial charge on any atom is -0.465 e. The third kappa shape index (κ3) is 3.00. The maximum Gasteiger partial charge on any atom is 0.340 e. The molecule has 0 radical (unpaired) electrons. The number of aromatic amines is 1. The standard InChI is InChI=1S/C16H10BrFN2O4/c1-23-16(22)12-7-9(3-5-13(12)18)24-15-10-4-2-8(17)6-11(10)14(21)19-20-15/h2-7H,1H3,(H,19,21). The summed E-state index contributed by atoms with van der Waals surface area (Å²) in [6.07, 6.45) is 0. The highest BCUT2D eigenvalue weighted by Crippen LogP contribution is 2.28. The van der Waals surface area contributed by atoms with Gasteiger partial charge in [0.25, 0.3) is 5.56 Å². The van der Waals surface area contributed by atoms with E-state index in [4.69, 9.17) is 4.74 Å². The number of benzene rings is 2. The number of aromatic nitrogens is 2. The van der Waals surface area contributed by atoms with Crippen molar-refractivity contribution in [1.82, 2.24) is 10.2 Å². The molecule has 122 valence electrons. The molecule has 3 aromatic rings. The number of hydrogen-bond acceptors (Lipinski definition) is 5. The van der Waals surface area contributed by atoms with Crippen LogP contribution in [0.1, 0.15) is 10.4 Å². The van der Waals surface area contributed by atoms with Crippen molar-refractivity contribution in [2.24, 2.45) is 0 Å². The second-order valence-corrected chi connectivity index (χ2v) is 5.70. The van der Waals surface area contributed by atoms with Gasteiger partial charge >= 0.3 is 5.97 Å². The maximum absolute atomic E-state index is 13.7. The number of rotatable bonds is 3. The van der Waals surface area contributed by atoms with Crippen molar-refractivity contribution in [2.45, 2.75) is 0 Å². The molecule has 0 fully saturated rings. The molecule has 0 aliphatic carbocycles. The number of esters is 1. The zero-order chi connectivity index (χ0) is 17.3. The Hall–Kier alpha value is -2.74. The number of methoxy groups -OCH3 is 1. The van der Waals surface area contributed by atoms with Crippen molar-refractivity contribution < 1.29 is 18.7 Å². The minimum atomic E-state index is -0.818. The summed E-state index contributed by atoms with van der Waals surface area (Å²) in [5.74, 6) is -1.24. The lowest BCUT2D eigenvalue weighted by molar-refractivity contribution is 0.0595. The predicted molar refractivity (Wildman–Crippen MR) is 87.9 cm³/mol. The quantitative estimate of drug-likeness (QED) is 0.690. The van der Waals surface area contributed by atoms with E-state index in [9.17, 15) is 14.0 Å². The first-order chi connectivity index (χ1) is 11.5. The van der Waals surface area contributed by atoms with Crippen molar-refractivity contribution in [2.75, 3.05) is 7.11 Å². The average Bonchev–Trinajstić information content (AvgIpc) is 2.58. The summed E-state index contributed by atoms with van der Waals surface area (Å²) in [6, 6.07) is 8.68. The molecule has 6 nitrogen and oxygen atoms in total. The van der Waals surface area contributed by atoms with Crippen LogP contribution in [0, 0.1) is 5.82 Å². The molecule has 3 rings (SSSR count). The molecule has 2 aromatic carbocycles. The van der Waals surface area contributed by atoms with E-state index < -0.39 is 11.8 Å². The minimum absolute atomic E-state index is 0.125. The molecule has 1 N–H and O–H groups in total. The van der Waals surface area contributed by atoms with Crippen molar-refractivity contribution in [3.8, 4) is 11.6 Å². The van der Waals surface area contributed by atoms with E-state index in [1.165, 1.54) is 12.1 Å². The molecule has 0 unspecified atom stereocenters. The van der Waals surface area contributed by atoms with Gasteiger partial charge in [0.15, 0.2) is 0 Å². The van der Waals surface area contributed by atoms with Crippen LogP contribution in [0.3, 0.4) is 0 Å². The van der Waals surface area contributed by atoms with Crippen LogP contribution in [0.4, 0.5) is 4.39 Å². The average molecular weight is 393 g/mol. The van der Waals surface area contributed by atoms with Crippen LogP contribution in [-0.2, 0) is 4.74 Å². The maximum atomic E-state index is 13.7. The number of ether oxygens (including phenoxy) is 2. The number of carbonyl (C=O) groups excluding carboxylic acids is 1. The molecule has 8 heteroatoms. The predicted octanol–water partition coefficient (Wildman–Crippen LogP) is 3.40. The van der Waals surface area contributed by atoms with Gasteiger partial charge in [-0.15, -0.1) is 5.10 Å². The van der Waals surface area contributed by atoms with Gasteiger partial charge < -0.3 is 9.47 Å². The highest BCUT2D eigenvalue weighted by Gasteiger charge is 2.15. The molecule has 1 aromatic heterocycles. The first-order valence-electron chi connectivity index (χ1n) is 6.73. The van der Waals surface area contributed by atoms with Crippen LogP contribution in [0.15, 0.2) is 45.7 Å². The van der Waals surface area contributed by atoms with Crippen LogP contribution >= 0.6 is 15.9 Å². The molecular weight excluding hydrogens is 383 g/mol. The number of nitrogens with one attached hydrogen (secondary N) is 1. The van der Waals surface area contributed by atoms with Gasteiger partial charge in [0.2, 0.25) is 5.88 Å². The largest absolute Gasteiger partial charge is 0.465 e. The van der Waals surface area contributed by atoms with Gasteiger partial charge in [-0.05, 0) is 36.4 Å². The van der Waals surface area contributed by atoms with E-state index in [1.54, 1.807) is 18.2 Å². The molecule has 0 saturated carbocycles. The Morgan fingerprint density at radius 1 is 1.21 bits per heavy atom. The summed E-state index contributed by atoms with van der Waals surface area (Å²) in [5, 5.41) is 7.05. The third-order valence-electron chi connectivity index (χ3n) is 3.27. The number of fused-ring (bicyclic) bond motifs is 1. The Bertz CT molecular complexity index is 1000. The summed E-state index contributed by atoms with van der Waals surface area (Å²) in [4.78, 5) is 23.4. The Morgan fingerprint density at radius 3 is 2.75 bits per heavy atom. The molecule has 24 heavy (non-hydrogen) atoms. The van der Waals surface area contributed by atoms with Gasteiger partial charge in [-0.1, -0.05) is 15.9 Å². The second kappa shape index (κ2) is 6.40. The Balaban J connectivity index is 2.06. The summed E-state index contributed by atoms with van der Waals surface area (Å²) >= 11 is 3.29. The lowest BCUT2D eigenvalue weighted by Crippen LogP contribution is -2.09. The Labute approximate surface area is 143 Å². The number of nitrogens with zero attached hydrogens (tertiary/aromatic N) is 1. The highest BCUT2D eigenvalue weighted by atomic mass is 79.9. The molecular formula is C16H10BrFN2O4. The molecule has 1 heterocycles. The third-order valence-corrected chi connectivity index (χ3v) is 3.77. The second-order valence-electron chi connectivity index (χ2n) is 4.78. The van der Waals surface area contributed by atoms with Crippen LogP contribution in [0.2, 0.25) is 0 Å². The molecule has 0 aliphatic heterocycles. The Kier molecular flexibility index (Phi) is 4.30.